The lowest BCUT2D eigenvalue weighted by molar-refractivity contribution is -0.193. The molecule has 0 saturated heterocycles. The Balaban J connectivity index is 2.37. The molecule has 126 valence electrons. The third-order valence-electron chi connectivity index (χ3n) is 6.99. The molecule has 0 aliphatic heterocycles. The molecule has 2 saturated carbocycles. The lowest BCUT2D eigenvalue weighted by Gasteiger charge is -2.62. The molecule has 2 N–H and O–H groups in total. The zero-order valence-electron chi connectivity index (χ0n) is 15.0. The quantitative estimate of drug-likeness (QED) is 0.755. The van der Waals surface area contributed by atoms with Crippen LogP contribution in [0.15, 0.2) is 24.3 Å². The van der Waals surface area contributed by atoms with E-state index in [9.17, 15) is 10.2 Å². The van der Waals surface area contributed by atoms with Gasteiger partial charge in [-0.2, -0.15) is 0 Å². The summed E-state index contributed by atoms with van der Waals surface area (Å²) in [6, 6.07) is 0. The van der Waals surface area contributed by atoms with Crippen molar-refractivity contribution < 1.29 is 10.2 Å². The van der Waals surface area contributed by atoms with Gasteiger partial charge < -0.3 is 10.2 Å². The Bertz CT molecular complexity index is 460. The number of hydrogen-bond donors (Lipinski definition) is 2. The van der Waals surface area contributed by atoms with Crippen molar-refractivity contribution in [1.82, 2.24) is 0 Å². The summed E-state index contributed by atoms with van der Waals surface area (Å²) in [5, 5.41) is 21.5. The van der Waals surface area contributed by atoms with E-state index in [1.807, 2.05) is 13.0 Å². The Morgan fingerprint density at radius 2 is 1.82 bits per heavy atom. The second kappa shape index (κ2) is 5.79. The Labute approximate surface area is 136 Å². The average molecular weight is 306 g/mol. The van der Waals surface area contributed by atoms with E-state index in [0.29, 0.717) is 5.92 Å². The molecule has 2 aliphatic rings. The highest BCUT2D eigenvalue weighted by Gasteiger charge is 2.59. The monoisotopic (exact) mass is 306 g/mol. The highest BCUT2D eigenvalue weighted by atomic mass is 16.3. The molecular formula is C20H34O2. The number of allylic oxidation sites excluding steroid dienone is 3. The van der Waals surface area contributed by atoms with E-state index in [1.165, 1.54) is 5.57 Å². The first-order chi connectivity index (χ1) is 10.1. The van der Waals surface area contributed by atoms with Crippen molar-refractivity contribution in [3.05, 3.63) is 24.3 Å². The van der Waals surface area contributed by atoms with E-state index < -0.39 is 5.60 Å². The second-order valence-corrected chi connectivity index (χ2v) is 8.77. The van der Waals surface area contributed by atoms with Gasteiger partial charge in [-0.25, -0.2) is 0 Å². The van der Waals surface area contributed by atoms with Crippen LogP contribution < -0.4 is 0 Å². The topological polar surface area (TPSA) is 40.5 Å². The molecule has 0 aromatic heterocycles. The van der Waals surface area contributed by atoms with Gasteiger partial charge in [0.1, 0.15) is 0 Å². The van der Waals surface area contributed by atoms with Gasteiger partial charge in [0.2, 0.25) is 0 Å². The van der Waals surface area contributed by atoms with Crippen LogP contribution in [0.3, 0.4) is 0 Å². The lowest BCUT2D eigenvalue weighted by atomic mass is 9.44. The van der Waals surface area contributed by atoms with Crippen molar-refractivity contribution in [3.8, 4) is 0 Å². The highest BCUT2D eigenvalue weighted by molar-refractivity contribution is 5.16. The molecule has 0 unspecified atom stereocenters. The normalized spacial score (nSPS) is 45.2. The van der Waals surface area contributed by atoms with Crippen LogP contribution in [0, 0.1) is 22.7 Å². The molecule has 0 aromatic rings. The molecule has 2 rings (SSSR count). The molecule has 0 heterocycles. The summed E-state index contributed by atoms with van der Waals surface area (Å²) >= 11 is 0. The minimum absolute atomic E-state index is 0.0705. The van der Waals surface area contributed by atoms with Crippen molar-refractivity contribution >= 4 is 0 Å². The van der Waals surface area contributed by atoms with Crippen molar-refractivity contribution in [1.29, 1.82) is 0 Å². The lowest BCUT2D eigenvalue weighted by Crippen LogP contribution is -2.60. The molecular weight excluding hydrogens is 272 g/mol. The summed E-state index contributed by atoms with van der Waals surface area (Å²) < 4.78 is 0. The van der Waals surface area contributed by atoms with Crippen molar-refractivity contribution in [2.45, 2.75) is 78.4 Å². The van der Waals surface area contributed by atoms with Crippen molar-refractivity contribution in [3.63, 3.8) is 0 Å². The smallest absolute Gasteiger partial charge is 0.0656 e. The van der Waals surface area contributed by atoms with Gasteiger partial charge in [-0.15, -0.1) is 0 Å². The third-order valence-corrected chi connectivity index (χ3v) is 6.99. The van der Waals surface area contributed by atoms with Crippen LogP contribution in [0.2, 0.25) is 0 Å². The van der Waals surface area contributed by atoms with Gasteiger partial charge in [0.15, 0.2) is 0 Å². The number of fused-ring (bicyclic) bond motifs is 1. The first-order valence-electron chi connectivity index (χ1n) is 8.75. The first kappa shape index (κ1) is 17.7. The zero-order chi connectivity index (χ0) is 16.8. The Morgan fingerprint density at radius 1 is 1.18 bits per heavy atom. The van der Waals surface area contributed by atoms with Crippen LogP contribution in [0.4, 0.5) is 0 Å². The fourth-order valence-corrected chi connectivity index (χ4v) is 5.43. The predicted molar refractivity (Wildman–Crippen MR) is 92.5 cm³/mol. The molecule has 0 aromatic carbocycles. The molecule has 0 radical (unpaired) electrons. The standard InChI is InChI=1S/C20H34O2/c1-7-14(2)8-9-16-19(5)12-11-17(21)18(3,4)15(19)10-13-20(16,6)22/h7-8,15-17,21-22H,1,9-13H2,2-6H3/b14-8+/t15-,16-,17-,19+,20-/m0/s1. The Hall–Kier alpha value is -0.600. The van der Waals surface area contributed by atoms with Gasteiger partial charge in [-0.1, -0.05) is 45.1 Å². The summed E-state index contributed by atoms with van der Waals surface area (Å²) in [5.74, 6) is 0.701. The Kier molecular flexibility index (Phi) is 4.68. The molecule has 0 bridgehead atoms. The van der Waals surface area contributed by atoms with Gasteiger partial charge in [-0.3, -0.25) is 0 Å². The number of aliphatic hydroxyl groups is 2. The molecule has 0 spiro atoms. The SMILES string of the molecule is C=C/C(C)=C/C[C@H]1[C@]2(C)CC[C@H](O)C(C)(C)[C@@H]2CC[C@]1(C)O. The van der Waals surface area contributed by atoms with Gasteiger partial charge in [-0.05, 0) is 68.6 Å². The predicted octanol–water partition coefficient (Wildman–Crippen LogP) is 4.47. The van der Waals surface area contributed by atoms with Gasteiger partial charge in [0.05, 0.1) is 11.7 Å². The summed E-state index contributed by atoms with van der Waals surface area (Å²) in [7, 11) is 0. The largest absolute Gasteiger partial charge is 0.393 e. The van der Waals surface area contributed by atoms with Crippen molar-refractivity contribution in [2.24, 2.45) is 22.7 Å². The third kappa shape index (κ3) is 2.80. The van der Waals surface area contributed by atoms with E-state index in [4.69, 9.17) is 0 Å². The molecule has 2 aliphatic carbocycles. The van der Waals surface area contributed by atoms with E-state index in [1.54, 1.807) is 0 Å². The molecule has 22 heavy (non-hydrogen) atoms. The maximum absolute atomic E-state index is 11.0. The van der Waals surface area contributed by atoms with Gasteiger partial charge in [0, 0.05) is 0 Å². The summed E-state index contributed by atoms with van der Waals surface area (Å²) in [5.41, 5.74) is 0.569. The zero-order valence-corrected chi connectivity index (χ0v) is 15.0. The van der Waals surface area contributed by atoms with Crippen LogP contribution in [0.25, 0.3) is 0 Å². The van der Waals surface area contributed by atoms with Crippen LogP contribution in [0.5, 0.6) is 0 Å². The van der Waals surface area contributed by atoms with E-state index in [-0.39, 0.29) is 22.9 Å². The van der Waals surface area contributed by atoms with Crippen LogP contribution >= 0.6 is 0 Å². The minimum Gasteiger partial charge on any atom is -0.393 e. The molecule has 2 nitrogen and oxygen atoms in total. The molecule has 0 amide bonds. The fraction of sp³-hybridized carbons (Fsp3) is 0.800. The van der Waals surface area contributed by atoms with Gasteiger partial charge in [0.25, 0.3) is 0 Å². The molecule has 5 atom stereocenters. The summed E-state index contributed by atoms with van der Waals surface area (Å²) in [6.45, 7) is 14.7. The Morgan fingerprint density at radius 3 is 2.41 bits per heavy atom. The van der Waals surface area contributed by atoms with E-state index in [2.05, 4.69) is 40.3 Å². The van der Waals surface area contributed by atoms with Crippen LogP contribution in [0.1, 0.15) is 66.7 Å². The van der Waals surface area contributed by atoms with Crippen molar-refractivity contribution in [2.75, 3.05) is 0 Å². The average Bonchev–Trinajstić information content (AvgIpc) is 2.41. The molecule has 2 heteroatoms. The maximum Gasteiger partial charge on any atom is 0.0656 e. The number of hydrogen-bond acceptors (Lipinski definition) is 2. The second-order valence-electron chi connectivity index (χ2n) is 8.77. The molecule has 2 fully saturated rings. The highest BCUT2D eigenvalue weighted by Crippen LogP contribution is 2.62. The van der Waals surface area contributed by atoms with Crippen LogP contribution in [-0.2, 0) is 0 Å². The minimum atomic E-state index is -0.623. The summed E-state index contributed by atoms with van der Waals surface area (Å²) in [4.78, 5) is 0. The number of rotatable bonds is 3. The first-order valence-corrected chi connectivity index (χ1v) is 8.75. The van der Waals surface area contributed by atoms with Gasteiger partial charge >= 0.3 is 0 Å². The summed E-state index contributed by atoms with van der Waals surface area (Å²) in [6.07, 6.45) is 8.46. The van der Waals surface area contributed by atoms with E-state index in [0.717, 1.165) is 32.1 Å². The number of aliphatic hydroxyl groups excluding tert-OH is 1. The van der Waals surface area contributed by atoms with E-state index >= 15 is 0 Å². The fourth-order valence-electron chi connectivity index (χ4n) is 5.43. The maximum atomic E-state index is 11.0. The van der Waals surface area contributed by atoms with Crippen LogP contribution in [-0.4, -0.2) is 21.9 Å².